The van der Waals surface area contributed by atoms with E-state index in [1.54, 1.807) is 37.3 Å². The molecule has 0 heterocycles. The van der Waals surface area contributed by atoms with Crippen LogP contribution in [0.25, 0.3) is 0 Å². The van der Waals surface area contributed by atoms with Gasteiger partial charge in [0.15, 0.2) is 14.6 Å². The topological polar surface area (TPSA) is 72.5 Å². The lowest BCUT2D eigenvalue weighted by molar-refractivity contribution is -0.118. The van der Waals surface area contributed by atoms with Crippen LogP contribution in [0.3, 0.4) is 0 Å². The minimum atomic E-state index is -3.87. The van der Waals surface area contributed by atoms with E-state index >= 15 is 0 Å². The zero-order chi connectivity index (χ0) is 20.5. The summed E-state index contributed by atoms with van der Waals surface area (Å²) in [5.74, 6) is -0.0228. The third-order valence-corrected chi connectivity index (χ3v) is 8.32. The van der Waals surface area contributed by atoms with Crippen LogP contribution >= 0.6 is 11.6 Å². The maximum Gasteiger partial charge on any atom is 0.246 e. The number of amides is 1. The van der Waals surface area contributed by atoms with Crippen molar-refractivity contribution in [1.29, 1.82) is 0 Å². The van der Waals surface area contributed by atoms with E-state index in [4.69, 9.17) is 16.3 Å². The average molecular weight is 422 g/mol. The Labute approximate surface area is 171 Å². The van der Waals surface area contributed by atoms with Crippen LogP contribution in [0.5, 0.6) is 5.75 Å². The van der Waals surface area contributed by atoms with Gasteiger partial charge in [-0.2, -0.15) is 0 Å². The maximum atomic E-state index is 13.6. The number of anilines is 1. The van der Waals surface area contributed by atoms with Crippen molar-refractivity contribution in [2.24, 2.45) is 0 Å². The van der Waals surface area contributed by atoms with Crippen molar-refractivity contribution in [2.45, 2.75) is 49.2 Å². The lowest BCUT2D eigenvalue weighted by Crippen LogP contribution is -2.47. The number of aryl methyl sites for hydroxylation is 2. The van der Waals surface area contributed by atoms with Gasteiger partial charge in [0.2, 0.25) is 5.91 Å². The van der Waals surface area contributed by atoms with E-state index in [1.165, 1.54) is 7.11 Å². The molecule has 1 N–H and O–H groups in total. The van der Waals surface area contributed by atoms with Crippen molar-refractivity contribution in [3.8, 4) is 5.75 Å². The molecule has 1 aliphatic carbocycles. The fourth-order valence-electron chi connectivity index (χ4n) is 3.76. The quantitative estimate of drug-likeness (QED) is 0.760. The number of carbonyl (C=O) groups excluding carboxylic acids is 1. The summed E-state index contributed by atoms with van der Waals surface area (Å²) in [5, 5.41) is 3.11. The first-order valence-electron chi connectivity index (χ1n) is 9.18. The molecular weight excluding hydrogens is 398 g/mol. The number of hydrogen-bond acceptors (Lipinski definition) is 4. The summed E-state index contributed by atoms with van der Waals surface area (Å²) in [7, 11) is -2.36. The van der Waals surface area contributed by atoms with Gasteiger partial charge in [-0.25, -0.2) is 8.42 Å². The van der Waals surface area contributed by atoms with Gasteiger partial charge >= 0.3 is 0 Å². The third kappa shape index (κ3) is 3.51. The van der Waals surface area contributed by atoms with Crippen molar-refractivity contribution >= 4 is 33.0 Å². The van der Waals surface area contributed by atoms with Crippen LogP contribution in [-0.4, -0.2) is 26.2 Å². The zero-order valence-corrected chi connectivity index (χ0v) is 17.8. The molecule has 0 spiro atoms. The number of nitrogens with one attached hydrogen (secondary N) is 1. The number of hydrogen-bond donors (Lipinski definition) is 1. The molecule has 0 radical (unpaired) electrons. The summed E-state index contributed by atoms with van der Waals surface area (Å²) in [6, 6.07) is 10.2. The number of benzene rings is 2. The Kier molecular flexibility index (Phi) is 5.73. The Morgan fingerprint density at radius 1 is 1.11 bits per heavy atom. The summed E-state index contributed by atoms with van der Waals surface area (Å²) in [5.41, 5.74) is 1.94. The van der Waals surface area contributed by atoms with Crippen LogP contribution in [0.1, 0.15) is 36.8 Å². The number of methoxy groups -OCH3 is 1. The van der Waals surface area contributed by atoms with Gasteiger partial charge in [0, 0.05) is 5.69 Å². The molecule has 0 saturated heterocycles. The molecule has 5 nitrogen and oxygen atoms in total. The van der Waals surface area contributed by atoms with E-state index in [2.05, 4.69) is 5.32 Å². The minimum absolute atomic E-state index is 0.234. The normalized spacial score (nSPS) is 16.0. The van der Waals surface area contributed by atoms with Crippen molar-refractivity contribution in [1.82, 2.24) is 0 Å². The first-order valence-corrected chi connectivity index (χ1v) is 11.0. The lowest BCUT2D eigenvalue weighted by Gasteiger charge is -2.28. The van der Waals surface area contributed by atoms with Crippen molar-refractivity contribution < 1.29 is 17.9 Å². The molecular formula is C21H24ClNO4S. The van der Waals surface area contributed by atoms with E-state index in [-0.39, 0.29) is 4.90 Å². The van der Waals surface area contributed by atoms with Gasteiger partial charge in [0.25, 0.3) is 0 Å². The number of sulfone groups is 1. The SMILES string of the molecule is COc1ccc(NC(=O)C2(S(=O)(=O)c3cc(C)ccc3C)CCCC2)cc1Cl. The molecule has 28 heavy (non-hydrogen) atoms. The molecule has 2 aromatic rings. The van der Waals surface area contributed by atoms with Gasteiger partial charge in [0.05, 0.1) is 17.0 Å². The standard InChI is InChI=1S/C21H24ClNO4S/c1-14-6-7-15(2)19(12-14)28(25,26)21(10-4-5-11-21)20(24)23-16-8-9-18(27-3)17(22)13-16/h6-9,12-13H,4-5,10-11H2,1-3H3,(H,23,24). The van der Waals surface area contributed by atoms with Crippen LogP contribution in [0, 0.1) is 13.8 Å². The third-order valence-electron chi connectivity index (χ3n) is 5.38. The monoisotopic (exact) mass is 421 g/mol. The number of halogens is 1. The van der Waals surface area contributed by atoms with Crippen LogP contribution in [0.15, 0.2) is 41.3 Å². The first kappa shape index (κ1) is 20.7. The molecule has 0 atom stereocenters. The molecule has 150 valence electrons. The van der Waals surface area contributed by atoms with E-state index < -0.39 is 20.5 Å². The van der Waals surface area contributed by atoms with Gasteiger partial charge in [0.1, 0.15) is 5.75 Å². The second-order valence-corrected chi connectivity index (χ2v) is 9.91. The highest BCUT2D eigenvalue weighted by Crippen LogP contribution is 2.42. The molecule has 1 aliphatic rings. The second-order valence-electron chi connectivity index (χ2n) is 7.28. The zero-order valence-electron chi connectivity index (χ0n) is 16.2. The average Bonchev–Trinajstić information content (AvgIpc) is 3.15. The molecule has 3 rings (SSSR count). The minimum Gasteiger partial charge on any atom is -0.495 e. The fraction of sp³-hybridized carbons (Fsp3) is 0.381. The number of rotatable bonds is 5. The highest BCUT2D eigenvalue weighted by Gasteiger charge is 2.53. The number of ether oxygens (including phenoxy) is 1. The van der Waals surface area contributed by atoms with Crippen molar-refractivity contribution in [3.05, 3.63) is 52.5 Å². The van der Waals surface area contributed by atoms with Crippen molar-refractivity contribution in [2.75, 3.05) is 12.4 Å². The molecule has 7 heteroatoms. The van der Waals surface area contributed by atoms with E-state index in [0.717, 1.165) is 5.56 Å². The Balaban J connectivity index is 2.01. The van der Waals surface area contributed by atoms with Gasteiger partial charge < -0.3 is 10.1 Å². The molecule has 0 unspecified atom stereocenters. The molecule has 0 aromatic heterocycles. The molecule has 0 bridgehead atoms. The van der Waals surface area contributed by atoms with Gasteiger partial charge in [-0.1, -0.05) is 36.6 Å². The molecule has 1 fully saturated rings. The first-order chi connectivity index (χ1) is 13.2. The predicted molar refractivity (Wildman–Crippen MR) is 111 cm³/mol. The van der Waals surface area contributed by atoms with Crippen molar-refractivity contribution in [3.63, 3.8) is 0 Å². The maximum absolute atomic E-state index is 13.6. The Morgan fingerprint density at radius 2 is 1.79 bits per heavy atom. The summed E-state index contributed by atoms with van der Waals surface area (Å²) >= 11 is 6.14. The summed E-state index contributed by atoms with van der Waals surface area (Å²) in [6.07, 6.45) is 2.00. The van der Waals surface area contributed by atoms with Gasteiger partial charge in [-0.3, -0.25) is 4.79 Å². The lowest BCUT2D eigenvalue weighted by atomic mass is 10.1. The molecule has 0 aliphatic heterocycles. The number of carbonyl (C=O) groups is 1. The van der Waals surface area contributed by atoms with E-state index in [1.807, 2.05) is 13.0 Å². The van der Waals surface area contributed by atoms with Gasteiger partial charge in [-0.05, 0) is 62.1 Å². The largest absolute Gasteiger partial charge is 0.495 e. The predicted octanol–water partition coefficient (Wildman–Crippen LogP) is 4.69. The molecule has 1 amide bonds. The summed E-state index contributed by atoms with van der Waals surface area (Å²) in [6.45, 7) is 3.61. The fourth-order valence-corrected chi connectivity index (χ4v) is 6.39. The Morgan fingerprint density at radius 3 is 2.39 bits per heavy atom. The van der Waals surface area contributed by atoms with Crippen LogP contribution in [-0.2, 0) is 14.6 Å². The highest BCUT2D eigenvalue weighted by atomic mass is 35.5. The van der Waals surface area contributed by atoms with E-state index in [0.29, 0.717) is 47.7 Å². The summed E-state index contributed by atoms with van der Waals surface area (Å²) < 4.78 is 30.9. The molecule has 2 aromatic carbocycles. The highest BCUT2D eigenvalue weighted by molar-refractivity contribution is 7.93. The Bertz CT molecular complexity index is 1010. The Hall–Kier alpha value is -2.05. The van der Waals surface area contributed by atoms with E-state index in [9.17, 15) is 13.2 Å². The van der Waals surface area contributed by atoms with Gasteiger partial charge in [-0.15, -0.1) is 0 Å². The second kappa shape index (κ2) is 7.76. The van der Waals surface area contributed by atoms with Crippen LogP contribution in [0.4, 0.5) is 5.69 Å². The van der Waals surface area contributed by atoms with Crippen LogP contribution < -0.4 is 10.1 Å². The van der Waals surface area contributed by atoms with Crippen LogP contribution in [0.2, 0.25) is 5.02 Å². The smallest absolute Gasteiger partial charge is 0.246 e. The molecule has 1 saturated carbocycles. The summed E-state index contributed by atoms with van der Waals surface area (Å²) in [4.78, 5) is 13.5.